The molecule has 0 saturated carbocycles. The summed E-state index contributed by atoms with van der Waals surface area (Å²) in [6, 6.07) is 0. The van der Waals surface area contributed by atoms with Crippen LogP contribution >= 0.6 is 0 Å². The fourth-order valence-electron chi connectivity index (χ4n) is 9.23. The van der Waals surface area contributed by atoms with Crippen molar-refractivity contribution in [3.63, 3.8) is 0 Å². The SMILES string of the molecule is CCCCCCCCCCCCCCCCCCCCCC(=O)O[C@@H](COC(=O)CCCCCCCCCCCCCCCCCC(C)C)COC(=O)CCCCCCCCCCC(C)C. The van der Waals surface area contributed by atoms with E-state index < -0.39 is 6.10 Å². The Bertz CT molecular complexity index is 1010. The third-order valence-corrected chi connectivity index (χ3v) is 13.7. The van der Waals surface area contributed by atoms with Gasteiger partial charge in [0.1, 0.15) is 13.2 Å². The molecule has 0 rings (SSSR count). The summed E-state index contributed by atoms with van der Waals surface area (Å²) >= 11 is 0. The number of esters is 3. The standard InChI is InChI=1S/C60H116O6/c1-6-7-8-9-10-11-12-13-14-15-16-17-20-24-27-30-37-42-47-52-60(63)66-57(54-65-59(62)51-46-41-36-32-31-34-39-44-49-56(4)5)53-64-58(61)50-45-40-35-29-26-23-21-18-19-22-25-28-33-38-43-48-55(2)3/h55-57H,6-54H2,1-5H3/t57-/m0/s1. The highest BCUT2D eigenvalue weighted by molar-refractivity contribution is 5.71. The second-order valence-electron chi connectivity index (χ2n) is 21.6. The molecule has 0 aliphatic heterocycles. The van der Waals surface area contributed by atoms with Crippen molar-refractivity contribution in [3.05, 3.63) is 0 Å². The molecule has 0 heterocycles. The monoisotopic (exact) mass is 933 g/mol. The highest BCUT2D eigenvalue weighted by Gasteiger charge is 2.19. The van der Waals surface area contributed by atoms with Crippen LogP contribution in [0.25, 0.3) is 0 Å². The molecule has 66 heavy (non-hydrogen) atoms. The molecule has 0 amide bonds. The van der Waals surface area contributed by atoms with Crippen LogP contribution in [0.1, 0.15) is 336 Å². The van der Waals surface area contributed by atoms with E-state index in [1.165, 1.54) is 225 Å². The number of rotatable bonds is 54. The first kappa shape index (κ1) is 64.4. The Balaban J connectivity index is 4.25. The molecule has 6 heteroatoms. The van der Waals surface area contributed by atoms with Crippen LogP contribution in [-0.2, 0) is 28.6 Å². The lowest BCUT2D eigenvalue weighted by Gasteiger charge is -2.18. The average Bonchev–Trinajstić information content (AvgIpc) is 3.29. The summed E-state index contributed by atoms with van der Waals surface area (Å²) in [7, 11) is 0. The summed E-state index contributed by atoms with van der Waals surface area (Å²) in [4.78, 5) is 38.1. The van der Waals surface area contributed by atoms with Gasteiger partial charge in [-0.2, -0.15) is 0 Å². The Hall–Kier alpha value is -1.59. The summed E-state index contributed by atoms with van der Waals surface area (Å²) in [5.74, 6) is 0.805. The highest BCUT2D eigenvalue weighted by Crippen LogP contribution is 2.18. The van der Waals surface area contributed by atoms with Crippen molar-refractivity contribution in [2.24, 2.45) is 11.8 Å². The van der Waals surface area contributed by atoms with Gasteiger partial charge in [-0.15, -0.1) is 0 Å². The van der Waals surface area contributed by atoms with E-state index in [-0.39, 0.29) is 31.1 Å². The summed E-state index contributed by atoms with van der Waals surface area (Å²) in [6.07, 6.45) is 56.8. The minimum absolute atomic E-state index is 0.0630. The fourth-order valence-corrected chi connectivity index (χ4v) is 9.23. The second kappa shape index (κ2) is 52.8. The maximum absolute atomic E-state index is 12.9. The van der Waals surface area contributed by atoms with Gasteiger partial charge in [0.2, 0.25) is 0 Å². The molecule has 0 fully saturated rings. The Kier molecular flexibility index (Phi) is 51.5. The predicted octanol–water partition coefficient (Wildman–Crippen LogP) is 19.7. The zero-order valence-corrected chi connectivity index (χ0v) is 45.3. The fraction of sp³-hybridized carbons (Fsp3) is 0.950. The number of hydrogen-bond donors (Lipinski definition) is 0. The summed E-state index contributed by atoms with van der Waals surface area (Å²) in [6.45, 7) is 11.4. The van der Waals surface area contributed by atoms with Crippen LogP contribution in [0.5, 0.6) is 0 Å². The van der Waals surface area contributed by atoms with E-state index in [1.54, 1.807) is 0 Å². The van der Waals surface area contributed by atoms with Gasteiger partial charge >= 0.3 is 17.9 Å². The molecular weight excluding hydrogens is 817 g/mol. The molecule has 0 N–H and O–H groups in total. The van der Waals surface area contributed by atoms with Crippen LogP contribution < -0.4 is 0 Å². The molecule has 0 spiro atoms. The van der Waals surface area contributed by atoms with Crippen LogP contribution in [0, 0.1) is 11.8 Å². The first-order chi connectivity index (χ1) is 32.2. The lowest BCUT2D eigenvalue weighted by Crippen LogP contribution is -2.30. The Morgan fingerprint density at radius 3 is 0.742 bits per heavy atom. The number of carbonyl (C=O) groups excluding carboxylic acids is 3. The van der Waals surface area contributed by atoms with Gasteiger partial charge in [0.25, 0.3) is 0 Å². The van der Waals surface area contributed by atoms with Crippen LogP contribution in [0.4, 0.5) is 0 Å². The topological polar surface area (TPSA) is 78.9 Å². The molecular formula is C60H116O6. The lowest BCUT2D eigenvalue weighted by atomic mass is 10.0. The quantitative estimate of drug-likeness (QED) is 0.0343. The van der Waals surface area contributed by atoms with E-state index in [4.69, 9.17) is 14.2 Å². The van der Waals surface area contributed by atoms with Crippen molar-refractivity contribution < 1.29 is 28.6 Å². The normalized spacial score (nSPS) is 12.0. The smallest absolute Gasteiger partial charge is 0.306 e. The van der Waals surface area contributed by atoms with E-state index in [9.17, 15) is 14.4 Å². The van der Waals surface area contributed by atoms with E-state index in [0.29, 0.717) is 19.3 Å². The minimum atomic E-state index is -0.763. The van der Waals surface area contributed by atoms with E-state index in [1.807, 2.05) is 0 Å². The third-order valence-electron chi connectivity index (χ3n) is 13.7. The molecule has 392 valence electrons. The lowest BCUT2D eigenvalue weighted by molar-refractivity contribution is -0.167. The largest absolute Gasteiger partial charge is 0.462 e. The van der Waals surface area contributed by atoms with Crippen LogP contribution in [0.2, 0.25) is 0 Å². The molecule has 0 aromatic carbocycles. The first-order valence-electron chi connectivity index (χ1n) is 29.7. The van der Waals surface area contributed by atoms with Crippen molar-refractivity contribution in [1.82, 2.24) is 0 Å². The summed E-state index contributed by atoms with van der Waals surface area (Å²) < 4.78 is 16.9. The van der Waals surface area contributed by atoms with Gasteiger partial charge in [-0.3, -0.25) is 14.4 Å². The molecule has 6 nitrogen and oxygen atoms in total. The predicted molar refractivity (Wildman–Crippen MR) is 284 cm³/mol. The average molecular weight is 934 g/mol. The van der Waals surface area contributed by atoms with Crippen LogP contribution in [-0.4, -0.2) is 37.2 Å². The van der Waals surface area contributed by atoms with Crippen molar-refractivity contribution in [2.75, 3.05) is 13.2 Å². The van der Waals surface area contributed by atoms with Crippen molar-refractivity contribution in [1.29, 1.82) is 0 Å². The van der Waals surface area contributed by atoms with Crippen molar-refractivity contribution in [2.45, 2.75) is 343 Å². The summed E-state index contributed by atoms with van der Waals surface area (Å²) in [5, 5.41) is 0. The van der Waals surface area contributed by atoms with Gasteiger partial charge in [0.15, 0.2) is 6.10 Å². The van der Waals surface area contributed by atoms with Gasteiger partial charge in [0, 0.05) is 19.3 Å². The van der Waals surface area contributed by atoms with Gasteiger partial charge in [0.05, 0.1) is 0 Å². The van der Waals surface area contributed by atoms with Crippen molar-refractivity contribution >= 4 is 17.9 Å². The molecule has 0 saturated heterocycles. The maximum atomic E-state index is 12.9. The van der Waals surface area contributed by atoms with Gasteiger partial charge in [-0.25, -0.2) is 0 Å². The Labute approximate surface area is 412 Å². The highest BCUT2D eigenvalue weighted by atomic mass is 16.6. The molecule has 0 unspecified atom stereocenters. The molecule has 0 aliphatic carbocycles. The molecule has 0 aromatic heterocycles. The molecule has 0 radical (unpaired) electrons. The summed E-state index contributed by atoms with van der Waals surface area (Å²) in [5.41, 5.74) is 0. The number of ether oxygens (including phenoxy) is 3. The first-order valence-corrected chi connectivity index (χ1v) is 29.7. The second-order valence-corrected chi connectivity index (χ2v) is 21.6. The third kappa shape index (κ3) is 53.4. The van der Waals surface area contributed by atoms with Crippen LogP contribution in [0.15, 0.2) is 0 Å². The zero-order valence-electron chi connectivity index (χ0n) is 45.3. The minimum Gasteiger partial charge on any atom is -0.462 e. The van der Waals surface area contributed by atoms with E-state index in [0.717, 1.165) is 69.6 Å². The number of carbonyl (C=O) groups is 3. The molecule has 0 bridgehead atoms. The molecule has 1 atom stereocenters. The zero-order chi connectivity index (χ0) is 48.2. The van der Waals surface area contributed by atoms with Gasteiger partial charge < -0.3 is 14.2 Å². The van der Waals surface area contributed by atoms with Crippen LogP contribution in [0.3, 0.4) is 0 Å². The maximum Gasteiger partial charge on any atom is 0.306 e. The number of hydrogen-bond acceptors (Lipinski definition) is 6. The Morgan fingerprint density at radius 2 is 0.500 bits per heavy atom. The van der Waals surface area contributed by atoms with Gasteiger partial charge in [-0.1, -0.05) is 298 Å². The van der Waals surface area contributed by atoms with E-state index >= 15 is 0 Å². The molecule has 0 aliphatic rings. The molecule has 0 aromatic rings. The van der Waals surface area contributed by atoms with E-state index in [2.05, 4.69) is 34.6 Å². The van der Waals surface area contributed by atoms with Crippen molar-refractivity contribution in [3.8, 4) is 0 Å². The van der Waals surface area contributed by atoms with Gasteiger partial charge in [-0.05, 0) is 31.1 Å². The Morgan fingerprint density at radius 1 is 0.288 bits per heavy atom. The number of unbranched alkanes of at least 4 members (excludes halogenated alkanes) is 39.